The highest BCUT2D eigenvalue weighted by molar-refractivity contribution is 7.99. The highest BCUT2D eigenvalue weighted by atomic mass is 32.2. The molecule has 174 valence electrons. The molecule has 1 aromatic heterocycles. The van der Waals surface area contributed by atoms with Crippen LogP contribution < -0.4 is 15.5 Å². The van der Waals surface area contributed by atoms with E-state index in [0.29, 0.717) is 37.7 Å². The lowest BCUT2D eigenvalue weighted by atomic mass is 10.1. The lowest BCUT2D eigenvalue weighted by molar-refractivity contribution is 0.0985. The topological polar surface area (TPSA) is 99.6 Å². The number of aromatic nitrogens is 2. The van der Waals surface area contributed by atoms with E-state index in [1.807, 2.05) is 24.3 Å². The van der Waals surface area contributed by atoms with Crippen LogP contribution in [0.3, 0.4) is 0 Å². The normalized spacial score (nSPS) is 16.7. The molecule has 1 aliphatic heterocycles. The Labute approximate surface area is 194 Å². The van der Waals surface area contributed by atoms with Gasteiger partial charge in [0.25, 0.3) is 0 Å². The van der Waals surface area contributed by atoms with Crippen molar-refractivity contribution in [2.75, 3.05) is 49.4 Å². The average molecular weight is 460 g/mol. The molecule has 8 nitrogen and oxygen atoms in total. The highest BCUT2D eigenvalue weighted by Crippen LogP contribution is 2.35. The molecule has 2 amide bonds. The van der Waals surface area contributed by atoms with Gasteiger partial charge in [-0.15, -0.1) is 0 Å². The van der Waals surface area contributed by atoms with Crippen molar-refractivity contribution in [2.24, 2.45) is 0 Å². The number of carbonyl (C=O) groups is 1. The van der Waals surface area contributed by atoms with Gasteiger partial charge in [0, 0.05) is 37.0 Å². The number of rotatable bonds is 8. The maximum Gasteiger partial charge on any atom is 0.319 e. The second kappa shape index (κ2) is 11.0. The summed E-state index contributed by atoms with van der Waals surface area (Å²) in [5, 5.41) is 14.3. The molecule has 3 rings (SSSR count). The number of morpholine rings is 1. The highest BCUT2D eigenvalue weighted by Gasteiger charge is 2.26. The number of hydrogen-bond donors (Lipinski definition) is 3. The number of ether oxygens (including phenoxy) is 1. The van der Waals surface area contributed by atoms with E-state index in [9.17, 15) is 4.79 Å². The fourth-order valence-electron chi connectivity index (χ4n) is 3.35. The number of nitrogens with zero attached hydrogens (tertiary/aromatic N) is 3. The molecule has 32 heavy (non-hydrogen) atoms. The third-order valence-electron chi connectivity index (χ3n) is 5.52. The number of nitrogens with one attached hydrogen (secondary N) is 2. The number of anilines is 2. The standard InChI is InChI=1S/C23H33N5O3S/c1-16-15-31-13-11-28(16)20-14-19(23(2,3)32-4)26-21(27-20)17-6-8-18(9-7-17)25-22(30)24-10-5-12-29/h6-9,14,16,29H,5,10-13,15H2,1-4H3,(H2,24,25,30)/t16-/m0/s1. The van der Waals surface area contributed by atoms with Gasteiger partial charge in [-0.05, 0) is 57.7 Å². The molecule has 1 aromatic carbocycles. The first-order valence-electron chi connectivity index (χ1n) is 10.9. The fraction of sp³-hybridized carbons (Fsp3) is 0.522. The smallest absolute Gasteiger partial charge is 0.319 e. The maximum atomic E-state index is 11.9. The van der Waals surface area contributed by atoms with Gasteiger partial charge >= 0.3 is 6.03 Å². The molecule has 1 fully saturated rings. The average Bonchev–Trinajstić information content (AvgIpc) is 2.79. The van der Waals surface area contributed by atoms with Crippen molar-refractivity contribution in [3.63, 3.8) is 0 Å². The number of urea groups is 1. The van der Waals surface area contributed by atoms with Crippen LogP contribution in [-0.4, -0.2) is 66.3 Å². The van der Waals surface area contributed by atoms with Gasteiger partial charge in [-0.25, -0.2) is 14.8 Å². The van der Waals surface area contributed by atoms with Crippen LogP contribution in [0.25, 0.3) is 11.4 Å². The van der Waals surface area contributed by atoms with Gasteiger partial charge in [-0.2, -0.15) is 11.8 Å². The number of carbonyl (C=O) groups excluding carboxylic acids is 1. The SMILES string of the molecule is CSC(C)(C)c1cc(N2CCOC[C@@H]2C)nc(-c2ccc(NC(=O)NCCCO)cc2)n1. The Bertz CT molecular complexity index is 907. The summed E-state index contributed by atoms with van der Waals surface area (Å²) >= 11 is 1.75. The van der Waals surface area contributed by atoms with Crippen LogP contribution in [0.1, 0.15) is 32.9 Å². The van der Waals surface area contributed by atoms with Crippen molar-refractivity contribution in [3.8, 4) is 11.4 Å². The molecule has 0 spiro atoms. The summed E-state index contributed by atoms with van der Waals surface area (Å²) in [6.07, 6.45) is 2.61. The van der Waals surface area contributed by atoms with Gasteiger partial charge in [0.2, 0.25) is 0 Å². The van der Waals surface area contributed by atoms with E-state index in [-0.39, 0.29) is 23.4 Å². The zero-order valence-electron chi connectivity index (χ0n) is 19.2. The Balaban J connectivity index is 1.86. The predicted octanol–water partition coefficient (Wildman–Crippen LogP) is 3.47. The minimum Gasteiger partial charge on any atom is -0.396 e. The van der Waals surface area contributed by atoms with E-state index >= 15 is 0 Å². The van der Waals surface area contributed by atoms with Crippen LogP contribution in [0.4, 0.5) is 16.3 Å². The minimum atomic E-state index is -0.297. The van der Waals surface area contributed by atoms with Crippen molar-refractivity contribution < 1.29 is 14.6 Å². The van der Waals surface area contributed by atoms with Gasteiger partial charge in [-0.3, -0.25) is 0 Å². The van der Waals surface area contributed by atoms with Gasteiger partial charge in [0.1, 0.15) is 5.82 Å². The summed E-state index contributed by atoms with van der Waals surface area (Å²) in [6.45, 7) is 9.11. The number of thioether (sulfide) groups is 1. The second-order valence-corrected chi connectivity index (χ2v) is 9.73. The van der Waals surface area contributed by atoms with Gasteiger partial charge in [-0.1, -0.05) is 0 Å². The predicted molar refractivity (Wildman–Crippen MR) is 130 cm³/mol. The third kappa shape index (κ3) is 6.11. The minimum absolute atomic E-state index is 0.0482. The summed E-state index contributed by atoms with van der Waals surface area (Å²) in [5.74, 6) is 1.57. The maximum absolute atomic E-state index is 11.9. The second-order valence-electron chi connectivity index (χ2n) is 8.30. The molecule has 0 saturated carbocycles. The first-order valence-corrected chi connectivity index (χ1v) is 12.1. The van der Waals surface area contributed by atoms with E-state index in [1.165, 1.54) is 0 Å². The zero-order valence-corrected chi connectivity index (χ0v) is 20.0. The fourth-order valence-corrected chi connectivity index (χ4v) is 3.66. The first kappa shape index (κ1) is 24.3. The monoisotopic (exact) mass is 459 g/mol. The Morgan fingerprint density at radius 2 is 2.06 bits per heavy atom. The molecule has 0 aliphatic carbocycles. The molecule has 0 bridgehead atoms. The lowest BCUT2D eigenvalue weighted by Crippen LogP contribution is -2.44. The summed E-state index contributed by atoms with van der Waals surface area (Å²) in [7, 11) is 0. The van der Waals surface area contributed by atoms with Crippen LogP contribution in [0.5, 0.6) is 0 Å². The first-order chi connectivity index (χ1) is 15.3. The number of aliphatic hydroxyl groups excluding tert-OH is 1. The summed E-state index contributed by atoms with van der Waals surface area (Å²) in [6, 6.07) is 9.56. The third-order valence-corrected chi connectivity index (χ3v) is 6.75. The summed E-state index contributed by atoms with van der Waals surface area (Å²) in [5.41, 5.74) is 2.55. The van der Waals surface area contributed by atoms with Crippen molar-refractivity contribution in [2.45, 2.75) is 38.0 Å². The lowest BCUT2D eigenvalue weighted by Gasteiger charge is -2.35. The van der Waals surface area contributed by atoms with Gasteiger partial charge in [0.15, 0.2) is 5.82 Å². The van der Waals surface area contributed by atoms with E-state index < -0.39 is 0 Å². The molecule has 1 atom stereocenters. The zero-order chi connectivity index (χ0) is 23.1. The Kier molecular flexibility index (Phi) is 8.33. The van der Waals surface area contributed by atoms with E-state index in [1.54, 1.807) is 11.8 Å². The molecule has 1 aliphatic rings. The Hall–Kier alpha value is -2.36. The largest absolute Gasteiger partial charge is 0.396 e. The van der Waals surface area contributed by atoms with Crippen molar-refractivity contribution >= 4 is 29.3 Å². The van der Waals surface area contributed by atoms with E-state index in [2.05, 4.69) is 48.6 Å². The molecule has 2 aromatic rings. The summed E-state index contributed by atoms with van der Waals surface area (Å²) in [4.78, 5) is 24.0. The van der Waals surface area contributed by atoms with Crippen molar-refractivity contribution in [1.29, 1.82) is 0 Å². The molecule has 9 heteroatoms. The molecule has 1 saturated heterocycles. The van der Waals surface area contributed by atoms with Crippen molar-refractivity contribution in [1.82, 2.24) is 15.3 Å². The molecule has 0 radical (unpaired) electrons. The van der Waals surface area contributed by atoms with Crippen LogP contribution in [0.2, 0.25) is 0 Å². The Morgan fingerprint density at radius 1 is 1.31 bits per heavy atom. The molecular weight excluding hydrogens is 426 g/mol. The van der Waals surface area contributed by atoms with E-state index in [4.69, 9.17) is 19.8 Å². The number of benzene rings is 1. The number of hydrogen-bond acceptors (Lipinski definition) is 7. The molecule has 2 heterocycles. The Morgan fingerprint density at radius 3 is 2.72 bits per heavy atom. The molecule has 3 N–H and O–H groups in total. The quantitative estimate of drug-likeness (QED) is 0.520. The van der Waals surface area contributed by atoms with Crippen LogP contribution >= 0.6 is 11.8 Å². The van der Waals surface area contributed by atoms with Crippen LogP contribution in [-0.2, 0) is 9.48 Å². The summed E-state index contributed by atoms with van der Waals surface area (Å²) < 4.78 is 5.44. The van der Waals surface area contributed by atoms with Gasteiger partial charge < -0.3 is 25.4 Å². The molecular formula is C23H33N5O3S. The van der Waals surface area contributed by atoms with E-state index in [0.717, 1.165) is 23.6 Å². The number of amides is 2. The van der Waals surface area contributed by atoms with Crippen LogP contribution in [0, 0.1) is 0 Å². The van der Waals surface area contributed by atoms with Crippen LogP contribution in [0.15, 0.2) is 30.3 Å². The van der Waals surface area contributed by atoms with Crippen molar-refractivity contribution in [3.05, 3.63) is 36.0 Å². The van der Waals surface area contributed by atoms with Gasteiger partial charge in [0.05, 0.1) is 29.7 Å². The molecule has 0 unspecified atom stereocenters. The number of aliphatic hydroxyl groups is 1.